The van der Waals surface area contributed by atoms with E-state index in [1.54, 1.807) is 37.5 Å². The Bertz CT molecular complexity index is 872. The van der Waals surface area contributed by atoms with Gasteiger partial charge in [-0.1, -0.05) is 12.1 Å². The molecule has 0 unspecified atom stereocenters. The zero-order chi connectivity index (χ0) is 18.4. The minimum absolute atomic E-state index is 0.208. The van der Waals surface area contributed by atoms with Crippen molar-refractivity contribution in [1.29, 1.82) is 0 Å². The van der Waals surface area contributed by atoms with E-state index in [-0.39, 0.29) is 5.82 Å². The number of aromatic amines is 1. The Morgan fingerprint density at radius 1 is 1.31 bits per heavy atom. The quantitative estimate of drug-likeness (QED) is 0.467. The van der Waals surface area contributed by atoms with Gasteiger partial charge < -0.3 is 15.1 Å². The van der Waals surface area contributed by atoms with Gasteiger partial charge in [0, 0.05) is 6.54 Å². The van der Waals surface area contributed by atoms with Gasteiger partial charge in [0.25, 0.3) is 0 Å². The summed E-state index contributed by atoms with van der Waals surface area (Å²) in [5.41, 5.74) is 1.56. The molecule has 0 fully saturated rings. The molecule has 3 N–H and O–H groups in total. The molecule has 0 spiro atoms. The second kappa shape index (κ2) is 8.28. The maximum absolute atomic E-state index is 13.3. The zero-order valence-electron chi connectivity index (χ0n) is 14.7. The first-order chi connectivity index (χ1) is 12.7. The van der Waals surface area contributed by atoms with Crippen LogP contribution in [0.5, 0.6) is 0 Å². The van der Waals surface area contributed by atoms with E-state index >= 15 is 0 Å². The first-order valence-electron chi connectivity index (χ1n) is 8.38. The monoisotopic (exact) mass is 356 g/mol. The van der Waals surface area contributed by atoms with Gasteiger partial charge in [-0.25, -0.2) is 14.4 Å². The van der Waals surface area contributed by atoms with Crippen LogP contribution >= 0.6 is 0 Å². The van der Waals surface area contributed by atoms with E-state index in [1.807, 2.05) is 6.92 Å². The van der Waals surface area contributed by atoms with Crippen LogP contribution in [-0.2, 0) is 13.1 Å². The van der Waals surface area contributed by atoms with Crippen molar-refractivity contribution in [2.24, 2.45) is 4.99 Å². The number of nitrogens with zero attached hydrogens (tertiary/aromatic N) is 3. The fourth-order valence-electron chi connectivity index (χ4n) is 2.38. The van der Waals surface area contributed by atoms with Gasteiger partial charge in [0.05, 0.1) is 19.4 Å². The molecular weight excluding hydrogens is 335 g/mol. The molecular formula is C18H21FN6O. The number of aryl methyl sites for hydroxylation is 1. The van der Waals surface area contributed by atoms with Crippen molar-refractivity contribution >= 4 is 5.96 Å². The summed E-state index contributed by atoms with van der Waals surface area (Å²) < 4.78 is 18.6. The molecule has 0 atom stereocenters. The summed E-state index contributed by atoms with van der Waals surface area (Å²) in [6.45, 7) is 5.34. The predicted molar refractivity (Wildman–Crippen MR) is 96.9 cm³/mol. The molecule has 1 aromatic carbocycles. The second-order valence-corrected chi connectivity index (χ2v) is 5.72. The fraction of sp³-hybridized carbons (Fsp3) is 0.278. The molecule has 26 heavy (non-hydrogen) atoms. The lowest BCUT2D eigenvalue weighted by Crippen LogP contribution is -2.37. The third-order valence-corrected chi connectivity index (χ3v) is 3.68. The van der Waals surface area contributed by atoms with E-state index in [4.69, 9.17) is 4.42 Å². The van der Waals surface area contributed by atoms with Gasteiger partial charge in [0.15, 0.2) is 11.7 Å². The molecule has 0 saturated carbocycles. The molecule has 136 valence electrons. The van der Waals surface area contributed by atoms with Crippen molar-refractivity contribution in [1.82, 2.24) is 25.8 Å². The molecule has 0 bridgehead atoms. The summed E-state index contributed by atoms with van der Waals surface area (Å²) in [5, 5.41) is 13.4. The van der Waals surface area contributed by atoms with E-state index in [1.165, 1.54) is 6.07 Å². The lowest BCUT2D eigenvalue weighted by Gasteiger charge is -2.10. The van der Waals surface area contributed by atoms with Crippen molar-refractivity contribution in [3.8, 4) is 11.6 Å². The number of nitrogens with one attached hydrogen (secondary N) is 3. The van der Waals surface area contributed by atoms with Crippen LogP contribution in [0.3, 0.4) is 0 Å². The molecule has 0 aliphatic heterocycles. The normalized spacial score (nSPS) is 11.6. The number of hydrogen-bond acceptors (Lipinski definition) is 4. The highest BCUT2D eigenvalue weighted by Crippen LogP contribution is 2.14. The molecule has 0 aliphatic rings. The van der Waals surface area contributed by atoms with E-state index in [2.05, 4.69) is 30.8 Å². The lowest BCUT2D eigenvalue weighted by molar-refractivity contribution is 0.577. The average molecular weight is 356 g/mol. The maximum Gasteiger partial charge on any atom is 0.216 e. The molecule has 2 heterocycles. The Hall–Kier alpha value is -3.16. The number of rotatable bonds is 6. The Labute approximate surface area is 150 Å². The number of aliphatic imine (C=N–C) groups is 1. The smallest absolute Gasteiger partial charge is 0.216 e. The third-order valence-electron chi connectivity index (χ3n) is 3.68. The summed E-state index contributed by atoms with van der Waals surface area (Å²) >= 11 is 0. The predicted octanol–water partition coefficient (Wildman–Crippen LogP) is 2.77. The Kier molecular flexibility index (Phi) is 5.62. The number of hydrogen-bond donors (Lipinski definition) is 3. The highest BCUT2D eigenvalue weighted by Gasteiger charge is 2.08. The average Bonchev–Trinajstić information content (AvgIpc) is 3.31. The SMILES string of the molecule is CCNC(=NCc1ccc(F)c(C)c1)NCc1nc(-c2ccco2)n[nH]1. The van der Waals surface area contributed by atoms with Crippen molar-refractivity contribution in [3.63, 3.8) is 0 Å². The van der Waals surface area contributed by atoms with Crippen LogP contribution < -0.4 is 10.6 Å². The molecule has 0 saturated heterocycles. The first kappa shape index (κ1) is 17.7. The highest BCUT2D eigenvalue weighted by atomic mass is 19.1. The van der Waals surface area contributed by atoms with Gasteiger partial charge in [-0.15, -0.1) is 5.10 Å². The molecule has 0 radical (unpaired) electrons. The number of guanidine groups is 1. The Morgan fingerprint density at radius 3 is 2.92 bits per heavy atom. The summed E-state index contributed by atoms with van der Waals surface area (Å²) in [4.78, 5) is 8.89. The molecule has 7 nitrogen and oxygen atoms in total. The van der Waals surface area contributed by atoms with Gasteiger partial charge in [-0.2, -0.15) is 0 Å². The van der Waals surface area contributed by atoms with Crippen LogP contribution in [0, 0.1) is 12.7 Å². The van der Waals surface area contributed by atoms with Gasteiger partial charge in [0.2, 0.25) is 5.82 Å². The molecule has 0 aliphatic carbocycles. The van der Waals surface area contributed by atoms with E-state index < -0.39 is 0 Å². The standard InChI is InChI=1S/C18H21FN6O/c1-3-20-18(21-10-13-6-7-14(19)12(2)9-13)22-11-16-23-17(25-24-16)15-5-4-8-26-15/h4-9H,3,10-11H2,1-2H3,(H2,20,21,22)(H,23,24,25). The van der Waals surface area contributed by atoms with Crippen LogP contribution in [0.15, 0.2) is 46.0 Å². The largest absolute Gasteiger partial charge is 0.461 e. The minimum atomic E-state index is -0.208. The van der Waals surface area contributed by atoms with Crippen LogP contribution in [-0.4, -0.2) is 27.7 Å². The van der Waals surface area contributed by atoms with Crippen LogP contribution in [0.4, 0.5) is 4.39 Å². The topological polar surface area (TPSA) is 91.1 Å². The number of benzene rings is 1. The van der Waals surface area contributed by atoms with Crippen LogP contribution in [0.25, 0.3) is 11.6 Å². The summed E-state index contributed by atoms with van der Waals surface area (Å²) in [6, 6.07) is 8.59. The van der Waals surface area contributed by atoms with Gasteiger partial charge >= 0.3 is 0 Å². The van der Waals surface area contributed by atoms with Crippen molar-refractivity contribution < 1.29 is 8.81 Å². The Morgan fingerprint density at radius 2 is 2.19 bits per heavy atom. The first-order valence-corrected chi connectivity index (χ1v) is 8.38. The van der Waals surface area contributed by atoms with E-state index in [9.17, 15) is 4.39 Å². The fourth-order valence-corrected chi connectivity index (χ4v) is 2.38. The van der Waals surface area contributed by atoms with Crippen molar-refractivity contribution in [2.75, 3.05) is 6.54 Å². The van der Waals surface area contributed by atoms with Gasteiger partial charge in [-0.05, 0) is 43.2 Å². The number of aromatic nitrogens is 3. The molecule has 8 heteroatoms. The highest BCUT2D eigenvalue weighted by molar-refractivity contribution is 5.79. The summed E-state index contributed by atoms with van der Waals surface area (Å²) in [5.74, 6) is 2.22. The van der Waals surface area contributed by atoms with Crippen LogP contribution in [0.1, 0.15) is 23.9 Å². The molecule has 3 rings (SSSR count). The minimum Gasteiger partial charge on any atom is -0.461 e. The number of halogens is 1. The van der Waals surface area contributed by atoms with Gasteiger partial charge in [0.1, 0.15) is 11.6 Å². The van der Waals surface area contributed by atoms with E-state index in [0.29, 0.717) is 42.0 Å². The molecule has 2 aromatic heterocycles. The molecule has 0 amide bonds. The Balaban J connectivity index is 1.62. The third kappa shape index (κ3) is 4.47. The zero-order valence-corrected chi connectivity index (χ0v) is 14.7. The summed E-state index contributed by atoms with van der Waals surface area (Å²) in [6.07, 6.45) is 1.58. The lowest BCUT2D eigenvalue weighted by atomic mass is 10.1. The van der Waals surface area contributed by atoms with Crippen molar-refractivity contribution in [2.45, 2.75) is 26.9 Å². The van der Waals surface area contributed by atoms with Crippen molar-refractivity contribution in [3.05, 3.63) is 59.4 Å². The molecule has 3 aromatic rings. The second-order valence-electron chi connectivity index (χ2n) is 5.72. The van der Waals surface area contributed by atoms with Crippen LogP contribution in [0.2, 0.25) is 0 Å². The van der Waals surface area contributed by atoms with Gasteiger partial charge in [-0.3, -0.25) is 5.10 Å². The summed E-state index contributed by atoms with van der Waals surface area (Å²) in [7, 11) is 0. The maximum atomic E-state index is 13.3. The van der Waals surface area contributed by atoms with E-state index in [0.717, 1.165) is 12.1 Å². The number of furan rings is 1. The number of H-pyrrole nitrogens is 1.